The number of fused-ring (bicyclic) bond motifs is 3. The zero-order chi connectivity index (χ0) is 20.5. The fraction of sp³-hybridized carbons (Fsp3) is 0.333. The molecule has 150 valence electrons. The third-order valence-corrected chi connectivity index (χ3v) is 7.18. The van der Waals surface area contributed by atoms with Crippen LogP contribution in [0.25, 0.3) is 10.2 Å². The van der Waals surface area contributed by atoms with Crippen LogP contribution >= 0.6 is 23.1 Å². The maximum Gasteiger partial charge on any atom is 0.237 e. The highest BCUT2D eigenvalue weighted by Crippen LogP contribution is 2.38. The van der Waals surface area contributed by atoms with Crippen molar-refractivity contribution in [3.63, 3.8) is 0 Å². The molecule has 3 N–H and O–H groups in total. The van der Waals surface area contributed by atoms with Crippen molar-refractivity contribution < 1.29 is 9.59 Å². The van der Waals surface area contributed by atoms with Gasteiger partial charge in [0.2, 0.25) is 5.91 Å². The van der Waals surface area contributed by atoms with E-state index in [9.17, 15) is 9.59 Å². The molecule has 1 aliphatic carbocycles. The number of nitrogens with zero attached hydrogens (tertiary/aromatic N) is 2. The largest absolute Gasteiger partial charge is 0.383 e. The molecule has 0 saturated heterocycles. The van der Waals surface area contributed by atoms with E-state index >= 15 is 0 Å². The molecule has 4 rings (SSSR count). The summed E-state index contributed by atoms with van der Waals surface area (Å²) in [6.45, 7) is 3.33. The number of amides is 1. The summed E-state index contributed by atoms with van der Waals surface area (Å²) in [5, 5.41) is 3.98. The van der Waals surface area contributed by atoms with Gasteiger partial charge in [0.05, 0.1) is 10.6 Å². The van der Waals surface area contributed by atoms with Crippen molar-refractivity contribution in [1.82, 2.24) is 9.97 Å². The summed E-state index contributed by atoms with van der Waals surface area (Å²) in [7, 11) is 0. The van der Waals surface area contributed by atoms with Gasteiger partial charge >= 0.3 is 0 Å². The number of aromatic nitrogens is 2. The van der Waals surface area contributed by atoms with Gasteiger partial charge in [-0.2, -0.15) is 0 Å². The van der Waals surface area contributed by atoms with Gasteiger partial charge < -0.3 is 11.1 Å². The number of nitrogen functional groups attached to an aromatic ring is 1. The normalized spacial score (nSPS) is 14.4. The standard InChI is InChI=1S/C21H22N4O2S2/c1-11(26)13-7-9-14(10-8-13)23-19(27)12(2)28-21-24-18(22)17-15-5-3-4-6-16(15)29-20(17)25-21/h7-10,12H,3-6H2,1-2H3,(H,23,27)(H2,22,24,25). The molecule has 8 heteroatoms. The van der Waals surface area contributed by atoms with E-state index < -0.39 is 5.25 Å². The van der Waals surface area contributed by atoms with Crippen LogP contribution in [0.15, 0.2) is 29.4 Å². The summed E-state index contributed by atoms with van der Waals surface area (Å²) >= 11 is 2.99. The molecule has 0 aliphatic heterocycles. The smallest absolute Gasteiger partial charge is 0.237 e. The zero-order valence-electron chi connectivity index (χ0n) is 16.3. The van der Waals surface area contributed by atoms with Crippen molar-refractivity contribution in [1.29, 1.82) is 0 Å². The number of aryl methyl sites for hydroxylation is 2. The predicted molar refractivity (Wildman–Crippen MR) is 119 cm³/mol. The summed E-state index contributed by atoms with van der Waals surface area (Å²) in [5.41, 5.74) is 8.82. The van der Waals surface area contributed by atoms with Gasteiger partial charge in [-0.25, -0.2) is 9.97 Å². The average Bonchev–Trinajstić information content (AvgIpc) is 3.07. The van der Waals surface area contributed by atoms with Crippen LogP contribution in [0.3, 0.4) is 0 Å². The minimum atomic E-state index is -0.395. The lowest BCUT2D eigenvalue weighted by atomic mass is 9.97. The molecule has 2 heterocycles. The van der Waals surface area contributed by atoms with Gasteiger partial charge in [0, 0.05) is 16.1 Å². The highest BCUT2D eigenvalue weighted by molar-refractivity contribution is 8.00. The van der Waals surface area contributed by atoms with E-state index in [-0.39, 0.29) is 11.7 Å². The fourth-order valence-corrected chi connectivity index (χ4v) is 5.57. The molecule has 3 aromatic rings. The predicted octanol–water partition coefficient (Wildman–Crippen LogP) is 4.47. The molecule has 0 radical (unpaired) electrons. The Kier molecular flexibility index (Phi) is 5.56. The number of carbonyl (C=O) groups is 2. The van der Waals surface area contributed by atoms with Crippen molar-refractivity contribution in [2.45, 2.75) is 49.9 Å². The third-order valence-electron chi connectivity index (χ3n) is 5.03. The van der Waals surface area contributed by atoms with Crippen LogP contribution in [0.4, 0.5) is 11.5 Å². The number of ketones is 1. The number of thiophene rings is 1. The average molecular weight is 427 g/mol. The first kappa shape index (κ1) is 19.8. The molecule has 2 aromatic heterocycles. The molecule has 1 atom stereocenters. The van der Waals surface area contributed by atoms with Gasteiger partial charge in [0.25, 0.3) is 0 Å². The number of anilines is 2. The van der Waals surface area contributed by atoms with Crippen molar-refractivity contribution in [3.05, 3.63) is 40.3 Å². The number of hydrogen-bond acceptors (Lipinski definition) is 7. The number of benzene rings is 1. The number of rotatable bonds is 5. The minimum absolute atomic E-state index is 0.00723. The van der Waals surface area contributed by atoms with Gasteiger partial charge in [0.1, 0.15) is 10.6 Å². The fourth-order valence-electron chi connectivity index (χ4n) is 3.46. The topological polar surface area (TPSA) is 98.0 Å². The van der Waals surface area contributed by atoms with E-state index in [0.717, 1.165) is 23.1 Å². The van der Waals surface area contributed by atoms with E-state index in [1.165, 1.54) is 42.0 Å². The first-order chi connectivity index (χ1) is 13.9. The van der Waals surface area contributed by atoms with E-state index in [1.807, 2.05) is 6.92 Å². The molecule has 1 unspecified atom stereocenters. The van der Waals surface area contributed by atoms with Crippen LogP contribution in [0.2, 0.25) is 0 Å². The van der Waals surface area contributed by atoms with Crippen LogP contribution in [0, 0.1) is 0 Å². The maximum atomic E-state index is 12.6. The lowest BCUT2D eigenvalue weighted by Gasteiger charge is -2.12. The summed E-state index contributed by atoms with van der Waals surface area (Å²) < 4.78 is 0. The van der Waals surface area contributed by atoms with Gasteiger partial charge in [0.15, 0.2) is 10.9 Å². The molecule has 0 fully saturated rings. The first-order valence-corrected chi connectivity index (χ1v) is 11.3. The van der Waals surface area contributed by atoms with Crippen molar-refractivity contribution in [2.24, 2.45) is 0 Å². The minimum Gasteiger partial charge on any atom is -0.383 e. The highest BCUT2D eigenvalue weighted by Gasteiger charge is 2.22. The Morgan fingerprint density at radius 1 is 1.17 bits per heavy atom. The third kappa shape index (κ3) is 4.13. The number of nitrogens with two attached hydrogens (primary N) is 1. The molecule has 29 heavy (non-hydrogen) atoms. The summed E-state index contributed by atoms with van der Waals surface area (Å²) in [6, 6.07) is 6.85. The molecule has 1 aliphatic rings. The molecule has 0 saturated carbocycles. The Morgan fingerprint density at radius 3 is 2.62 bits per heavy atom. The SMILES string of the molecule is CC(=O)c1ccc(NC(=O)C(C)Sc2nc(N)c3c4c(sc3n2)CCCC4)cc1. The van der Waals surface area contributed by atoms with Crippen molar-refractivity contribution in [2.75, 3.05) is 11.1 Å². The van der Waals surface area contributed by atoms with Crippen LogP contribution in [0.1, 0.15) is 47.5 Å². The van der Waals surface area contributed by atoms with Gasteiger partial charge in [-0.3, -0.25) is 9.59 Å². The van der Waals surface area contributed by atoms with Crippen LogP contribution in [-0.4, -0.2) is 26.9 Å². The number of thioether (sulfide) groups is 1. The Hall–Kier alpha value is -2.45. The second-order valence-corrected chi connectivity index (χ2v) is 9.56. The van der Waals surface area contributed by atoms with Gasteiger partial charge in [-0.15, -0.1) is 11.3 Å². The summed E-state index contributed by atoms with van der Waals surface area (Å²) in [6.07, 6.45) is 4.51. The Morgan fingerprint density at radius 2 is 1.90 bits per heavy atom. The second-order valence-electron chi connectivity index (χ2n) is 7.17. The Balaban J connectivity index is 1.48. The van der Waals surface area contributed by atoms with Crippen LogP contribution in [-0.2, 0) is 17.6 Å². The number of carbonyl (C=O) groups excluding carboxylic acids is 2. The summed E-state index contributed by atoms with van der Waals surface area (Å²) in [4.78, 5) is 35.3. The van der Waals surface area contributed by atoms with Gasteiger partial charge in [-0.05, 0) is 69.4 Å². The van der Waals surface area contributed by atoms with E-state index in [0.29, 0.717) is 22.2 Å². The monoisotopic (exact) mass is 426 g/mol. The van der Waals surface area contributed by atoms with E-state index in [4.69, 9.17) is 5.73 Å². The van der Waals surface area contributed by atoms with E-state index in [2.05, 4.69) is 15.3 Å². The highest BCUT2D eigenvalue weighted by atomic mass is 32.2. The molecule has 1 amide bonds. The molecule has 0 spiro atoms. The van der Waals surface area contributed by atoms with Crippen molar-refractivity contribution >= 4 is 56.5 Å². The number of hydrogen-bond donors (Lipinski definition) is 2. The zero-order valence-corrected chi connectivity index (χ0v) is 18.0. The first-order valence-electron chi connectivity index (χ1n) is 9.58. The quantitative estimate of drug-likeness (QED) is 0.355. The Labute approximate surface area is 177 Å². The molecular weight excluding hydrogens is 404 g/mol. The van der Waals surface area contributed by atoms with Crippen molar-refractivity contribution in [3.8, 4) is 0 Å². The van der Waals surface area contributed by atoms with E-state index in [1.54, 1.807) is 35.6 Å². The molecular formula is C21H22N4O2S2. The molecule has 0 bridgehead atoms. The molecule has 1 aromatic carbocycles. The maximum absolute atomic E-state index is 12.6. The van der Waals surface area contributed by atoms with Crippen LogP contribution in [0.5, 0.6) is 0 Å². The molecule has 6 nitrogen and oxygen atoms in total. The second kappa shape index (κ2) is 8.12. The van der Waals surface area contributed by atoms with Crippen LogP contribution < -0.4 is 11.1 Å². The Bertz CT molecular complexity index is 1090. The number of nitrogens with one attached hydrogen (secondary N) is 1. The lowest BCUT2D eigenvalue weighted by Crippen LogP contribution is -2.22. The number of Topliss-reactive ketones (excluding diaryl/α,β-unsaturated/α-hetero) is 1. The summed E-state index contributed by atoms with van der Waals surface area (Å²) in [5.74, 6) is 0.342. The van der Waals surface area contributed by atoms with Gasteiger partial charge in [-0.1, -0.05) is 11.8 Å². The lowest BCUT2D eigenvalue weighted by molar-refractivity contribution is -0.115.